The molecule has 0 unspecified atom stereocenters. The average Bonchev–Trinajstić information content (AvgIpc) is 2.20. The van der Waals surface area contributed by atoms with Crippen molar-refractivity contribution in [2.45, 2.75) is 31.7 Å². The maximum absolute atomic E-state index is 11.0. The number of carbonyl (C=O) groups excluding carboxylic acids is 1. The summed E-state index contributed by atoms with van der Waals surface area (Å²) >= 11 is 0. The van der Waals surface area contributed by atoms with Crippen LogP contribution in [0.25, 0.3) is 0 Å². The van der Waals surface area contributed by atoms with Crippen LogP contribution in [-0.4, -0.2) is 41.4 Å². The van der Waals surface area contributed by atoms with Gasteiger partial charge in [0.05, 0.1) is 6.61 Å². The largest absolute Gasteiger partial charge is 1.00 e. The normalized spacial score (nSPS) is 11.4. The predicted octanol–water partition coefficient (Wildman–Crippen LogP) is -3.39. The number of carbonyl (C=O) groups is 2. The van der Waals surface area contributed by atoms with Crippen molar-refractivity contribution in [3.8, 4) is 0 Å². The molecular weight excluding hydrogens is 225 g/mol. The molecular formula is C9H18NNaO5. The van der Waals surface area contributed by atoms with Crippen LogP contribution in [0.5, 0.6) is 0 Å². The van der Waals surface area contributed by atoms with Crippen molar-refractivity contribution in [3.05, 3.63) is 0 Å². The summed E-state index contributed by atoms with van der Waals surface area (Å²) < 4.78 is 4.78. The van der Waals surface area contributed by atoms with Gasteiger partial charge in [-0.05, 0) is 19.3 Å². The zero-order valence-corrected chi connectivity index (χ0v) is 11.5. The van der Waals surface area contributed by atoms with Gasteiger partial charge in [0.1, 0.15) is 6.04 Å². The molecule has 1 atom stereocenters. The number of hydrogen-bond donors (Lipinski definition) is 3. The fraction of sp³-hybridized carbons (Fsp3) is 0.778. The second-order valence-corrected chi connectivity index (χ2v) is 3.13. The number of ether oxygens (including phenoxy) is 1. The van der Waals surface area contributed by atoms with E-state index in [-0.39, 0.29) is 57.0 Å². The Morgan fingerprint density at radius 1 is 1.38 bits per heavy atom. The molecule has 16 heavy (non-hydrogen) atoms. The minimum atomic E-state index is -1.12. The van der Waals surface area contributed by atoms with E-state index in [2.05, 4.69) is 0 Å². The van der Waals surface area contributed by atoms with Gasteiger partial charge in [-0.2, -0.15) is 0 Å². The topological polar surface area (TPSA) is 110 Å². The number of carboxylic acid groups (broad SMARTS) is 1. The zero-order chi connectivity index (χ0) is 11.7. The molecule has 0 aliphatic rings. The van der Waals surface area contributed by atoms with Crippen LogP contribution in [0.15, 0.2) is 0 Å². The van der Waals surface area contributed by atoms with Gasteiger partial charge in [0, 0.05) is 13.0 Å². The summed E-state index contributed by atoms with van der Waals surface area (Å²) in [5.41, 5.74) is 5.20. The van der Waals surface area contributed by atoms with Crippen LogP contribution < -0.4 is 35.3 Å². The summed E-state index contributed by atoms with van der Waals surface area (Å²) in [5, 5.41) is 16.9. The zero-order valence-electron chi connectivity index (χ0n) is 10.5. The van der Waals surface area contributed by atoms with E-state index in [1.54, 1.807) is 0 Å². The van der Waals surface area contributed by atoms with Gasteiger partial charge in [-0.25, -0.2) is 0 Å². The first-order valence-corrected chi connectivity index (χ1v) is 4.82. The molecule has 0 amide bonds. The number of nitrogens with two attached hydrogens (primary N) is 1. The van der Waals surface area contributed by atoms with E-state index in [0.29, 0.717) is 12.8 Å². The van der Waals surface area contributed by atoms with Gasteiger partial charge in [0.25, 0.3) is 0 Å². The molecule has 0 fully saturated rings. The summed E-state index contributed by atoms with van der Waals surface area (Å²) in [5.74, 6) is -1.58. The maximum atomic E-state index is 11.0. The van der Waals surface area contributed by atoms with E-state index < -0.39 is 18.0 Å². The van der Waals surface area contributed by atoms with E-state index in [4.69, 9.17) is 20.7 Å². The maximum Gasteiger partial charge on any atom is 1.00 e. The molecule has 0 aliphatic heterocycles. The SMILES string of the molecule is N[C@@H](CCC(=O)OCCCCO)C(=O)O.[H-].[Na+]. The molecule has 0 radical (unpaired) electrons. The minimum absolute atomic E-state index is 0. The molecule has 0 saturated carbocycles. The van der Waals surface area contributed by atoms with Gasteiger partial charge in [-0.3, -0.25) is 9.59 Å². The first-order valence-electron chi connectivity index (χ1n) is 4.82. The molecule has 7 heteroatoms. The fourth-order valence-corrected chi connectivity index (χ4v) is 0.869. The first-order chi connectivity index (χ1) is 7.07. The van der Waals surface area contributed by atoms with E-state index >= 15 is 0 Å². The first kappa shape index (κ1) is 18.2. The van der Waals surface area contributed by atoms with Crippen molar-refractivity contribution in [1.29, 1.82) is 0 Å². The molecule has 0 saturated heterocycles. The van der Waals surface area contributed by atoms with Crippen LogP contribution >= 0.6 is 0 Å². The molecule has 6 nitrogen and oxygen atoms in total. The second-order valence-electron chi connectivity index (χ2n) is 3.13. The molecule has 0 aromatic heterocycles. The molecule has 4 N–H and O–H groups in total. The Hall–Kier alpha value is -0.140. The van der Waals surface area contributed by atoms with Crippen molar-refractivity contribution >= 4 is 11.9 Å². The van der Waals surface area contributed by atoms with Crippen molar-refractivity contribution in [2.24, 2.45) is 5.73 Å². The summed E-state index contributed by atoms with van der Waals surface area (Å²) in [4.78, 5) is 21.3. The van der Waals surface area contributed by atoms with Gasteiger partial charge in [-0.15, -0.1) is 0 Å². The fourth-order valence-electron chi connectivity index (χ4n) is 0.869. The minimum Gasteiger partial charge on any atom is -1.00 e. The molecule has 0 bridgehead atoms. The Morgan fingerprint density at radius 3 is 2.50 bits per heavy atom. The van der Waals surface area contributed by atoms with Gasteiger partial charge in [0.2, 0.25) is 0 Å². The molecule has 0 spiro atoms. The molecule has 0 aliphatic carbocycles. The van der Waals surface area contributed by atoms with E-state index in [1.807, 2.05) is 0 Å². The number of unbranched alkanes of at least 4 members (excludes halogenated alkanes) is 1. The summed E-state index contributed by atoms with van der Waals surface area (Å²) in [6, 6.07) is -1.02. The number of rotatable bonds is 8. The third-order valence-corrected chi connectivity index (χ3v) is 1.79. The standard InChI is InChI=1S/C9H17NO5.Na.H/c10-7(9(13)14)3-4-8(12)15-6-2-1-5-11;;/h7,11H,1-6,10H2,(H,13,14);;/q;+1;-1/t7-;;/m0../s1. The van der Waals surface area contributed by atoms with Crippen LogP contribution in [-0.2, 0) is 14.3 Å². The summed E-state index contributed by atoms with van der Waals surface area (Å²) in [6.07, 6.45) is 1.27. The Labute approximate surface area is 118 Å². The van der Waals surface area contributed by atoms with Crippen molar-refractivity contribution < 1.29 is 55.5 Å². The summed E-state index contributed by atoms with van der Waals surface area (Å²) in [6.45, 7) is 0.323. The molecule has 0 heterocycles. The smallest absolute Gasteiger partial charge is 1.00 e. The van der Waals surface area contributed by atoms with Gasteiger partial charge >= 0.3 is 41.5 Å². The van der Waals surface area contributed by atoms with Crippen molar-refractivity contribution in [2.75, 3.05) is 13.2 Å². The number of carboxylic acids is 1. The molecule has 90 valence electrons. The van der Waals surface area contributed by atoms with Gasteiger partial charge in [0.15, 0.2) is 0 Å². The van der Waals surface area contributed by atoms with E-state index in [1.165, 1.54) is 0 Å². The van der Waals surface area contributed by atoms with E-state index in [9.17, 15) is 9.59 Å². The average molecular weight is 243 g/mol. The van der Waals surface area contributed by atoms with Crippen LogP contribution in [0.3, 0.4) is 0 Å². The monoisotopic (exact) mass is 243 g/mol. The molecule has 0 rings (SSSR count). The Morgan fingerprint density at radius 2 is 2.00 bits per heavy atom. The third kappa shape index (κ3) is 10.4. The Kier molecular flexibility index (Phi) is 12.9. The Balaban J connectivity index is -0.000000980. The number of esters is 1. The predicted molar refractivity (Wildman–Crippen MR) is 53.2 cm³/mol. The van der Waals surface area contributed by atoms with Gasteiger partial charge < -0.3 is 22.1 Å². The Bertz CT molecular complexity index is 218. The van der Waals surface area contributed by atoms with Crippen molar-refractivity contribution in [3.63, 3.8) is 0 Å². The van der Waals surface area contributed by atoms with Gasteiger partial charge in [-0.1, -0.05) is 0 Å². The number of aliphatic carboxylic acids is 1. The van der Waals surface area contributed by atoms with Crippen molar-refractivity contribution in [1.82, 2.24) is 0 Å². The molecule has 0 aromatic carbocycles. The number of aliphatic hydroxyl groups is 1. The molecule has 0 aromatic rings. The van der Waals surface area contributed by atoms with E-state index in [0.717, 1.165) is 0 Å². The van der Waals surface area contributed by atoms with Crippen LogP contribution in [0.1, 0.15) is 27.1 Å². The van der Waals surface area contributed by atoms with Crippen LogP contribution in [0.4, 0.5) is 0 Å². The third-order valence-electron chi connectivity index (χ3n) is 1.79. The number of aliphatic hydroxyl groups excluding tert-OH is 1. The number of hydrogen-bond acceptors (Lipinski definition) is 5. The van der Waals surface area contributed by atoms with Crippen LogP contribution in [0, 0.1) is 0 Å². The van der Waals surface area contributed by atoms with Crippen LogP contribution in [0.2, 0.25) is 0 Å². The quantitative estimate of drug-likeness (QED) is 0.233. The summed E-state index contributed by atoms with van der Waals surface area (Å²) in [7, 11) is 0. The second kappa shape index (κ2) is 11.3.